The number of hydrogen-bond donors (Lipinski definition) is 0. The predicted molar refractivity (Wildman–Crippen MR) is 101 cm³/mol. The molecule has 0 bridgehead atoms. The third-order valence-corrected chi connectivity index (χ3v) is 6.45. The van der Waals surface area contributed by atoms with Crippen molar-refractivity contribution in [1.82, 2.24) is 0 Å². The van der Waals surface area contributed by atoms with Gasteiger partial charge in [-0.25, -0.2) is 8.78 Å². The Balaban J connectivity index is 1.49. The molecule has 0 aliphatic heterocycles. The molecule has 0 spiro atoms. The number of benzene rings is 1. The number of halogens is 2. The molecular formula is C23H32F2. The fourth-order valence-corrected chi connectivity index (χ4v) is 4.80. The van der Waals surface area contributed by atoms with E-state index < -0.39 is 11.6 Å². The summed E-state index contributed by atoms with van der Waals surface area (Å²) in [5.41, 5.74) is 2.60. The standard InChI is InChI=1S/C23H32F2/c1-2-3-4-5-17-6-8-18(9-7-17)19-10-12-20(13-11-19)21-14-15-22(24)23(25)16-21/h10,14-18,20H,2-9,11-13H2,1H3. The van der Waals surface area contributed by atoms with Crippen LogP contribution < -0.4 is 0 Å². The highest BCUT2D eigenvalue weighted by Gasteiger charge is 2.26. The lowest BCUT2D eigenvalue weighted by Crippen LogP contribution is -2.18. The van der Waals surface area contributed by atoms with Gasteiger partial charge in [0.25, 0.3) is 0 Å². The van der Waals surface area contributed by atoms with Gasteiger partial charge < -0.3 is 0 Å². The third kappa shape index (κ3) is 4.92. The van der Waals surface area contributed by atoms with Gasteiger partial charge in [0.1, 0.15) is 0 Å². The Morgan fingerprint density at radius 1 is 0.920 bits per heavy atom. The minimum Gasteiger partial charge on any atom is -0.204 e. The first-order chi connectivity index (χ1) is 12.2. The summed E-state index contributed by atoms with van der Waals surface area (Å²) < 4.78 is 26.6. The lowest BCUT2D eigenvalue weighted by atomic mass is 9.73. The van der Waals surface area contributed by atoms with Gasteiger partial charge in [-0.05, 0) is 80.4 Å². The molecule has 0 nitrogen and oxygen atoms in total. The van der Waals surface area contributed by atoms with Crippen LogP contribution in [0.5, 0.6) is 0 Å². The lowest BCUT2D eigenvalue weighted by Gasteiger charge is -2.33. The van der Waals surface area contributed by atoms with Crippen molar-refractivity contribution in [2.24, 2.45) is 11.8 Å². The van der Waals surface area contributed by atoms with Crippen LogP contribution in [0.25, 0.3) is 0 Å². The second-order valence-electron chi connectivity index (χ2n) is 8.14. The Morgan fingerprint density at radius 3 is 2.36 bits per heavy atom. The molecule has 0 N–H and O–H groups in total. The second kappa shape index (κ2) is 8.96. The summed E-state index contributed by atoms with van der Waals surface area (Å²) >= 11 is 0. The van der Waals surface area contributed by atoms with Crippen molar-refractivity contribution < 1.29 is 8.78 Å². The topological polar surface area (TPSA) is 0 Å². The van der Waals surface area contributed by atoms with Crippen molar-refractivity contribution in [3.05, 3.63) is 47.0 Å². The van der Waals surface area contributed by atoms with E-state index in [4.69, 9.17) is 0 Å². The molecule has 1 atom stereocenters. The SMILES string of the molecule is CCCCCC1CCC(C2=CCC(c3ccc(F)c(F)c3)CC2)CC1. The molecule has 1 saturated carbocycles. The molecular weight excluding hydrogens is 314 g/mol. The van der Waals surface area contributed by atoms with Crippen LogP contribution in [-0.4, -0.2) is 0 Å². The molecule has 2 aliphatic rings. The number of unbranched alkanes of at least 4 members (excludes halogenated alkanes) is 2. The van der Waals surface area contributed by atoms with E-state index in [-0.39, 0.29) is 0 Å². The lowest BCUT2D eigenvalue weighted by molar-refractivity contribution is 0.275. The first-order valence-electron chi connectivity index (χ1n) is 10.3. The molecule has 0 aromatic heterocycles. The maximum absolute atomic E-state index is 13.5. The van der Waals surface area contributed by atoms with Gasteiger partial charge in [-0.1, -0.05) is 50.3 Å². The van der Waals surface area contributed by atoms with E-state index >= 15 is 0 Å². The Morgan fingerprint density at radius 2 is 1.72 bits per heavy atom. The minimum absolute atomic E-state index is 0.351. The van der Waals surface area contributed by atoms with Crippen molar-refractivity contribution >= 4 is 0 Å². The van der Waals surface area contributed by atoms with Gasteiger partial charge in [0.05, 0.1) is 0 Å². The van der Waals surface area contributed by atoms with Crippen LogP contribution in [0.1, 0.15) is 89.0 Å². The maximum Gasteiger partial charge on any atom is 0.159 e. The Hall–Kier alpha value is -1.18. The van der Waals surface area contributed by atoms with Gasteiger partial charge in [-0.3, -0.25) is 0 Å². The van der Waals surface area contributed by atoms with Crippen LogP contribution in [0.3, 0.4) is 0 Å². The number of hydrogen-bond acceptors (Lipinski definition) is 0. The van der Waals surface area contributed by atoms with Gasteiger partial charge in [-0.15, -0.1) is 0 Å². The molecule has 0 saturated heterocycles. The molecule has 0 radical (unpaired) electrons. The summed E-state index contributed by atoms with van der Waals surface area (Å²) in [6.07, 6.45) is 16.7. The van der Waals surface area contributed by atoms with Gasteiger partial charge in [-0.2, -0.15) is 0 Å². The van der Waals surface area contributed by atoms with Crippen molar-refractivity contribution in [3.8, 4) is 0 Å². The van der Waals surface area contributed by atoms with E-state index in [0.29, 0.717) is 5.92 Å². The summed E-state index contributed by atoms with van der Waals surface area (Å²) in [5, 5.41) is 0. The molecule has 1 aromatic carbocycles. The highest BCUT2D eigenvalue weighted by molar-refractivity contribution is 5.25. The zero-order valence-corrected chi connectivity index (χ0v) is 15.6. The fraction of sp³-hybridized carbons (Fsp3) is 0.652. The summed E-state index contributed by atoms with van der Waals surface area (Å²) in [6, 6.07) is 4.41. The molecule has 3 rings (SSSR count). The van der Waals surface area contributed by atoms with E-state index in [9.17, 15) is 8.78 Å². The molecule has 25 heavy (non-hydrogen) atoms. The van der Waals surface area contributed by atoms with Crippen LogP contribution in [0.15, 0.2) is 29.8 Å². The van der Waals surface area contributed by atoms with E-state index in [1.54, 1.807) is 11.6 Å². The van der Waals surface area contributed by atoms with Crippen molar-refractivity contribution in [1.29, 1.82) is 0 Å². The maximum atomic E-state index is 13.5. The summed E-state index contributed by atoms with van der Waals surface area (Å²) in [5.74, 6) is 0.639. The first-order valence-corrected chi connectivity index (χ1v) is 10.3. The molecule has 1 aromatic rings. The zero-order valence-electron chi connectivity index (χ0n) is 15.6. The summed E-state index contributed by atoms with van der Waals surface area (Å²) in [4.78, 5) is 0. The monoisotopic (exact) mass is 346 g/mol. The van der Waals surface area contributed by atoms with Crippen molar-refractivity contribution in [2.45, 2.75) is 83.5 Å². The average molecular weight is 347 g/mol. The van der Waals surface area contributed by atoms with Crippen LogP contribution >= 0.6 is 0 Å². The Kier molecular flexibility index (Phi) is 6.67. The smallest absolute Gasteiger partial charge is 0.159 e. The van der Waals surface area contributed by atoms with E-state index in [1.165, 1.54) is 63.5 Å². The molecule has 1 unspecified atom stereocenters. The highest BCUT2D eigenvalue weighted by atomic mass is 19.2. The first kappa shape index (κ1) is 18.6. The molecule has 0 heterocycles. The van der Waals surface area contributed by atoms with Gasteiger partial charge >= 0.3 is 0 Å². The van der Waals surface area contributed by atoms with Crippen LogP contribution in [0, 0.1) is 23.5 Å². The molecule has 1 fully saturated rings. The van der Waals surface area contributed by atoms with E-state index in [2.05, 4.69) is 13.0 Å². The van der Waals surface area contributed by atoms with E-state index in [0.717, 1.165) is 36.7 Å². The molecule has 2 aliphatic carbocycles. The summed E-state index contributed by atoms with van der Waals surface area (Å²) in [6.45, 7) is 2.28. The largest absolute Gasteiger partial charge is 0.204 e. The molecule has 0 amide bonds. The normalized spacial score (nSPS) is 27.2. The Bertz CT molecular complexity index is 582. The van der Waals surface area contributed by atoms with Crippen LogP contribution in [-0.2, 0) is 0 Å². The average Bonchev–Trinajstić information content (AvgIpc) is 2.65. The second-order valence-corrected chi connectivity index (χ2v) is 8.14. The van der Waals surface area contributed by atoms with Crippen LogP contribution in [0.4, 0.5) is 8.78 Å². The van der Waals surface area contributed by atoms with Gasteiger partial charge in [0.2, 0.25) is 0 Å². The van der Waals surface area contributed by atoms with Gasteiger partial charge in [0, 0.05) is 0 Å². The molecule has 2 heteroatoms. The van der Waals surface area contributed by atoms with Crippen molar-refractivity contribution in [2.75, 3.05) is 0 Å². The number of rotatable bonds is 6. The highest BCUT2D eigenvalue weighted by Crippen LogP contribution is 2.41. The fourth-order valence-electron chi connectivity index (χ4n) is 4.80. The molecule has 138 valence electrons. The zero-order chi connectivity index (χ0) is 17.6. The summed E-state index contributed by atoms with van der Waals surface area (Å²) in [7, 11) is 0. The number of allylic oxidation sites excluding steroid dienone is 2. The quantitative estimate of drug-likeness (QED) is 0.368. The Labute approximate surface area is 151 Å². The third-order valence-electron chi connectivity index (χ3n) is 6.45. The van der Waals surface area contributed by atoms with Crippen LogP contribution in [0.2, 0.25) is 0 Å². The predicted octanol–water partition coefficient (Wildman–Crippen LogP) is 7.55. The minimum atomic E-state index is -0.744. The van der Waals surface area contributed by atoms with E-state index in [1.807, 2.05) is 0 Å². The van der Waals surface area contributed by atoms with Gasteiger partial charge in [0.15, 0.2) is 11.6 Å². The van der Waals surface area contributed by atoms with Crippen molar-refractivity contribution in [3.63, 3.8) is 0 Å².